The molecule has 1 aromatic carbocycles. The summed E-state index contributed by atoms with van der Waals surface area (Å²) in [6, 6.07) is 6.89. The number of H-pyrrole nitrogens is 1. The third-order valence-electron chi connectivity index (χ3n) is 3.00. The number of aromatic amines is 1. The molecule has 1 amide bonds. The number of aromatic nitrogens is 2. The fraction of sp³-hybridized carbons (Fsp3) is 0.133. The van der Waals surface area contributed by atoms with Crippen LogP contribution in [-0.2, 0) is 4.79 Å². The van der Waals surface area contributed by atoms with E-state index in [1.807, 2.05) is 12.3 Å². The standard InChI is InChI=1S/C15H13N3O3S/c1-9-8-22-15(17-9)18-13(19)7-21-12-4-2-3-11-10(12)5-6-16-14(11)20/h2-6,8H,7H2,1H3,(H,16,20)(H,17,18,19). The maximum atomic E-state index is 11.9. The average Bonchev–Trinajstić information content (AvgIpc) is 2.91. The van der Waals surface area contributed by atoms with Gasteiger partial charge in [0, 0.05) is 17.0 Å². The van der Waals surface area contributed by atoms with E-state index >= 15 is 0 Å². The number of rotatable bonds is 4. The molecule has 0 spiro atoms. The Morgan fingerprint density at radius 2 is 2.23 bits per heavy atom. The zero-order chi connectivity index (χ0) is 15.5. The van der Waals surface area contributed by atoms with Crippen molar-refractivity contribution >= 4 is 33.1 Å². The number of pyridine rings is 1. The van der Waals surface area contributed by atoms with E-state index in [0.717, 1.165) is 5.69 Å². The Morgan fingerprint density at radius 3 is 3.00 bits per heavy atom. The van der Waals surface area contributed by atoms with Gasteiger partial charge in [-0.2, -0.15) is 0 Å². The fourth-order valence-electron chi connectivity index (χ4n) is 2.03. The summed E-state index contributed by atoms with van der Waals surface area (Å²) in [5.41, 5.74) is 0.667. The van der Waals surface area contributed by atoms with Gasteiger partial charge in [0.25, 0.3) is 11.5 Å². The first-order valence-corrected chi connectivity index (χ1v) is 7.46. The Balaban J connectivity index is 1.73. The fourth-order valence-corrected chi connectivity index (χ4v) is 2.73. The van der Waals surface area contributed by atoms with Gasteiger partial charge in [0.15, 0.2) is 11.7 Å². The molecule has 6 nitrogen and oxygen atoms in total. The molecule has 3 rings (SSSR count). The molecule has 0 radical (unpaired) electrons. The van der Waals surface area contributed by atoms with Gasteiger partial charge >= 0.3 is 0 Å². The zero-order valence-electron chi connectivity index (χ0n) is 11.8. The molecule has 3 aromatic rings. The molecular weight excluding hydrogens is 302 g/mol. The summed E-state index contributed by atoms with van der Waals surface area (Å²) < 4.78 is 5.53. The van der Waals surface area contributed by atoms with Crippen molar-refractivity contribution < 1.29 is 9.53 Å². The summed E-state index contributed by atoms with van der Waals surface area (Å²) in [6.07, 6.45) is 1.55. The second-order valence-electron chi connectivity index (χ2n) is 4.66. The topological polar surface area (TPSA) is 84.1 Å². The van der Waals surface area contributed by atoms with Crippen LogP contribution < -0.4 is 15.6 Å². The van der Waals surface area contributed by atoms with Crippen molar-refractivity contribution in [3.05, 3.63) is 51.9 Å². The number of hydrogen-bond acceptors (Lipinski definition) is 5. The number of carbonyl (C=O) groups excluding carboxylic acids is 1. The molecule has 0 unspecified atom stereocenters. The number of aryl methyl sites for hydroxylation is 1. The van der Waals surface area contributed by atoms with E-state index in [4.69, 9.17) is 4.74 Å². The number of nitrogens with zero attached hydrogens (tertiary/aromatic N) is 1. The first-order valence-electron chi connectivity index (χ1n) is 6.59. The minimum atomic E-state index is -0.295. The highest BCUT2D eigenvalue weighted by Gasteiger charge is 2.09. The number of anilines is 1. The van der Waals surface area contributed by atoms with Crippen LogP contribution in [0.3, 0.4) is 0 Å². The first-order chi connectivity index (χ1) is 10.6. The van der Waals surface area contributed by atoms with Crippen molar-refractivity contribution in [2.75, 3.05) is 11.9 Å². The van der Waals surface area contributed by atoms with E-state index in [1.54, 1.807) is 30.5 Å². The number of hydrogen-bond donors (Lipinski definition) is 2. The lowest BCUT2D eigenvalue weighted by Gasteiger charge is -2.08. The number of fused-ring (bicyclic) bond motifs is 1. The molecule has 7 heteroatoms. The van der Waals surface area contributed by atoms with Gasteiger partial charge in [-0.1, -0.05) is 6.07 Å². The Bertz CT molecular complexity index is 885. The molecular formula is C15H13N3O3S. The monoisotopic (exact) mass is 315 g/mol. The number of ether oxygens (including phenoxy) is 1. The van der Waals surface area contributed by atoms with Gasteiger partial charge in [0.05, 0.1) is 11.1 Å². The third-order valence-corrected chi connectivity index (χ3v) is 3.87. The van der Waals surface area contributed by atoms with Crippen LogP contribution in [0.1, 0.15) is 5.69 Å². The molecule has 2 N–H and O–H groups in total. The normalized spacial score (nSPS) is 10.6. The highest BCUT2D eigenvalue weighted by molar-refractivity contribution is 7.13. The number of thiazole rings is 1. The van der Waals surface area contributed by atoms with E-state index in [-0.39, 0.29) is 18.1 Å². The van der Waals surface area contributed by atoms with E-state index in [9.17, 15) is 9.59 Å². The van der Waals surface area contributed by atoms with Crippen LogP contribution >= 0.6 is 11.3 Å². The minimum absolute atomic E-state index is 0.148. The Labute approximate surface area is 129 Å². The van der Waals surface area contributed by atoms with Crippen LogP contribution in [-0.4, -0.2) is 22.5 Å². The Morgan fingerprint density at radius 1 is 1.36 bits per heavy atom. The quantitative estimate of drug-likeness (QED) is 0.774. The van der Waals surface area contributed by atoms with Gasteiger partial charge in [0.2, 0.25) is 0 Å². The van der Waals surface area contributed by atoms with Gasteiger partial charge in [-0.15, -0.1) is 11.3 Å². The van der Waals surface area contributed by atoms with Gasteiger partial charge in [-0.3, -0.25) is 14.9 Å². The van der Waals surface area contributed by atoms with Gasteiger partial charge in [0.1, 0.15) is 5.75 Å². The summed E-state index contributed by atoms with van der Waals surface area (Å²) >= 11 is 1.36. The van der Waals surface area contributed by atoms with Crippen LogP contribution in [0.2, 0.25) is 0 Å². The number of nitrogens with one attached hydrogen (secondary N) is 2. The molecule has 0 saturated heterocycles. The van der Waals surface area contributed by atoms with Crippen molar-refractivity contribution in [2.45, 2.75) is 6.92 Å². The van der Waals surface area contributed by atoms with Crippen LogP contribution in [0.15, 0.2) is 40.6 Å². The van der Waals surface area contributed by atoms with Crippen molar-refractivity contribution in [2.24, 2.45) is 0 Å². The van der Waals surface area contributed by atoms with Gasteiger partial charge < -0.3 is 9.72 Å². The molecule has 0 aliphatic heterocycles. The van der Waals surface area contributed by atoms with Crippen LogP contribution in [0, 0.1) is 6.92 Å². The minimum Gasteiger partial charge on any atom is -0.483 e. The Kier molecular flexibility index (Phi) is 3.88. The average molecular weight is 315 g/mol. The molecule has 0 aliphatic carbocycles. The summed E-state index contributed by atoms with van der Waals surface area (Å²) in [5, 5.41) is 6.26. The van der Waals surface area contributed by atoms with E-state index in [2.05, 4.69) is 15.3 Å². The molecule has 0 fully saturated rings. The summed E-state index contributed by atoms with van der Waals surface area (Å²) in [5.74, 6) is 0.199. The Hall–Kier alpha value is -2.67. The molecule has 2 aromatic heterocycles. The number of carbonyl (C=O) groups is 1. The predicted molar refractivity (Wildman–Crippen MR) is 85.5 cm³/mol. The van der Waals surface area contributed by atoms with Gasteiger partial charge in [-0.05, 0) is 25.1 Å². The van der Waals surface area contributed by atoms with Crippen LogP contribution in [0.25, 0.3) is 10.8 Å². The smallest absolute Gasteiger partial charge is 0.264 e. The summed E-state index contributed by atoms with van der Waals surface area (Å²) in [7, 11) is 0. The van der Waals surface area contributed by atoms with E-state index in [0.29, 0.717) is 21.7 Å². The highest BCUT2D eigenvalue weighted by Crippen LogP contribution is 2.22. The predicted octanol–water partition coefficient (Wildman–Crippen LogP) is 2.31. The molecule has 0 aliphatic rings. The van der Waals surface area contributed by atoms with Crippen molar-refractivity contribution in [3.63, 3.8) is 0 Å². The van der Waals surface area contributed by atoms with Crippen LogP contribution in [0.4, 0.5) is 5.13 Å². The SMILES string of the molecule is Cc1csc(NC(=O)COc2cccc3c(=O)[nH]ccc23)n1. The van der Waals surface area contributed by atoms with Crippen molar-refractivity contribution in [3.8, 4) is 5.75 Å². The number of amides is 1. The first kappa shape index (κ1) is 14.3. The number of benzene rings is 1. The second-order valence-corrected chi connectivity index (χ2v) is 5.51. The molecule has 0 atom stereocenters. The molecule has 2 heterocycles. The van der Waals surface area contributed by atoms with Crippen molar-refractivity contribution in [1.82, 2.24) is 9.97 Å². The van der Waals surface area contributed by atoms with Gasteiger partial charge in [-0.25, -0.2) is 4.98 Å². The maximum absolute atomic E-state index is 11.9. The lowest BCUT2D eigenvalue weighted by molar-refractivity contribution is -0.118. The second kappa shape index (κ2) is 5.98. The third kappa shape index (κ3) is 2.99. The largest absolute Gasteiger partial charge is 0.483 e. The maximum Gasteiger partial charge on any atom is 0.264 e. The lowest BCUT2D eigenvalue weighted by atomic mass is 10.1. The van der Waals surface area contributed by atoms with E-state index < -0.39 is 0 Å². The molecule has 112 valence electrons. The summed E-state index contributed by atoms with van der Waals surface area (Å²) in [4.78, 5) is 30.3. The van der Waals surface area contributed by atoms with E-state index in [1.165, 1.54) is 11.3 Å². The van der Waals surface area contributed by atoms with Crippen molar-refractivity contribution in [1.29, 1.82) is 0 Å². The molecule has 22 heavy (non-hydrogen) atoms. The summed E-state index contributed by atoms with van der Waals surface area (Å²) in [6.45, 7) is 1.71. The molecule has 0 saturated carbocycles. The lowest BCUT2D eigenvalue weighted by Crippen LogP contribution is -2.20. The van der Waals surface area contributed by atoms with Crippen LogP contribution in [0.5, 0.6) is 5.75 Å². The highest BCUT2D eigenvalue weighted by atomic mass is 32.1. The zero-order valence-corrected chi connectivity index (χ0v) is 12.6. The molecule has 0 bridgehead atoms.